The summed E-state index contributed by atoms with van der Waals surface area (Å²) < 4.78 is 5.56. The fraction of sp³-hybridized carbons (Fsp3) is 0.359. The van der Waals surface area contributed by atoms with Crippen molar-refractivity contribution in [3.8, 4) is 5.75 Å². The molecular weight excluding hydrogens is 590 g/mol. The Labute approximate surface area is 278 Å². The quantitative estimate of drug-likeness (QED) is 0.146. The van der Waals surface area contributed by atoms with Gasteiger partial charge in [-0.25, -0.2) is 4.79 Å². The van der Waals surface area contributed by atoms with Crippen molar-refractivity contribution in [2.75, 3.05) is 5.32 Å². The molecule has 0 aliphatic rings. The molecule has 8 heteroatoms. The van der Waals surface area contributed by atoms with Crippen molar-refractivity contribution in [3.63, 3.8) is 0 Å². The third-order valence-corrected chi connectivity index (χ3v) is 7.92. The van der Waals surface area contributed by atoms with Gasteiger partial charge in [0.15, 0.2) is 0 Å². The Bertz CT molecular complexity index is 1650. The summed E-state index contributed by atoms with van der Waals surface area (Å²) in [4.78, 5) is 44.0. The molecule has 4 aromatic carbocycles. The van der Waals surface area contributed by atoms with Crippen LogP contribution in [-0.4, -0.2) is 45.6 Å². The Balaban J connectivity index is 1.78. The lowest BCUT2D eigenvalue weighted by molar-refractivity contribution is -0.143. The van der Waals surface area contributed by atoms with Gasteiger partial charge >= 0.3 is 6.09 Å². The molecule has 0 radical (unpaired) electrons. The first-order valence-corrected chi connectivity index (χ1v) is 16.2. The van der Waals surface area contributed by atoms with E-state index >= 15 is 0 Å². The fourth-order valence-electron chi connectivity index (χ4n) is 5.56. The zero-order chi connectivity index (χ0) is 34.1. The molecule has 0 fully saturated rings. The van der Waals surface area contributed by atoms with E-state index in [1.54, 1.807) is 37.8 Å². The number of carbonyl (C=O) groups is 3. The summed E-state index contributed by atoms with van der Waals surface area (Å²) in [6, 6.07) is 27.0. The van der Waals surface area contributed by atoms with Crippen LogP contribution in [0.25, 0.3) is 10.8 Å². The first-order chi connectivity index (χ1) is 22.3. The average molecular weight is 638 g/mol. The smallest absolute Gasteiger partial charge is 0.408 e. The van der Waals surface area contributed by atoms with Crippen LogP contribution in [-0.2, 0) is 20.7 Å². The summed E-state index contributed by atoms with van der Waals surface area (Å²) in [5.41, 5.74) is 1.21. The number of carbonyl (C=O) groups excluding carboxylic acids is 3. The van der Waals surface area contributed by atoms with Gasteiger partial charge in [-0.15, -0.1) is 0 Å². The van der Waals surface area contributed by atoms with Crippen molar-refractivity contribution < 1.29 is 24.2 Å². The van der Waals surface area contributed by atoms with Gasteiger partial charge in [0.05, 0.1) is 0 Å². The Morgan fingerprint density at radius 2 is 1.45 bits per heavy atom. The second kappa shape index (κ2) is 15.6. The third kappa shape index (κ3) is 10.1. The molecule has 0 spiro atoms. The van der Waals surface area contributed by atoms with E-state index < -0.39 is 29.7 Å². The number of anilines is 1. The SMILES string of the molecule is CC(C)CCC(C)N(C(=O)C(Cc1ccc(O)cc1)NC(=O)OC(C)(C)C)C(C(=O)Nc1ccc2ccccc2c1)c1ccccc1. The van der Waals surface area contributed by atoms with Crippen molar-refractivity contribution in [1.82, 2.24) is 10.2 Å². The minimum atomic E-state index is -1.06. The first kappa shape index (κ1) is 35.0. The van der Waals surface area contributed by atoms with Crippen LogP contribution < -0.4 is 10.6 Å². The lowest BCUT2D eigenvalue weighted by Gasteiger charge is -2.39. The van der Waals surface area contributed by atoms with Gasteiger partial charge in [0, 0.05) is 18.2 Å². The number of aromatic hydroxyl groups is 1. The summed E-state index contributed by atoms with van der Waals surface area (Å²) in [5, 5.41) is 17.8. The van der Waals surface area contributed by atoms with E-state index in [4.69, 9.17) is 4.74 Å². The number of fused-ring (bicyclic) bond motifs is 1. The molecule has 0 saturated carbocycles. The van der Waals surface area contributed by atoms with E-state index in [1.165, 1.54) is 12.1 Å². The van der Waals surface area contributed by atoms with Crippen LogP contribution in [0.2, 0.25) is 0 Å². The molecule has 3 atom stereocenters. The van der Waals surface area contributed by atoms with Gasteiger partial charge in [-0.3, -0.25) is 9.59 Å². The van der Waals surface area contributed by atoms with Crippen LogP contribution >= 0.6 is 0 Å². The molecule has 0 bridgehead atoms. The Kier molecular flexibility index (Phi) is 11.6. The molecule has 0 heterocycles. The number of alkyl carbamates (subject to hydrolysis) is 1. The van der Waals surface area contributed by atoms with Gasteiger partial charge in [-0.1, -0.05) is 86.6 Å². The number of amides is 3. The van der Waals surface area contributed by atoms with Crippen molar-refractivity contribution in [2.24, 2.45) is 5.92 Å². The molecule has 0 aliphatic carbocycles. The number of hydrogen-bond donors (Lipinski definition) is 3. The molecule has 3 amide bonds. The number of phenols is 1. The molecule has 248 valence electrons. The Morgan fingerprint density at radius 1 is 0.809 bits per heavy atom. The van der Waals surface area contributed by atoms with Gasteiger partial charge in [0.1, 0.15) is 23.4 Å². The Hall–Kier alpha value is -4.85. The molecule has 0 saturated heterocycles. The molecule has 47 heavy (non-hydrogen) atoms. The third-order valence-electron chi connectivity index (χ3n) is 7.92. The highest BCUT2D eigenvalue weighted by Crippen LogP contribution is 2.30. The summed E-state index contributed by atoms with van der Waals surface area (Å²) >= 11 is 0. The fourth-order valence-corrected chi connectivity index (χ4v) is 5.56. The number of benzene rings is 4. The molecular formula is C39H47N3O5. The topological polar surface area (TPSA) is 108 Å². The van der Waals surface area contributed by atoms with Gasteiger partial charge in [-0.2, -0.15) is 0 Å². The number of rotatable bonds is 12. The lowest BCUT2D eigenvalue weighted by atomic mass is 9.96. The molecule has 8 nitrogen and oxygen atoms in total. The summed E-state index contributed by atoms with van der Waals surface area (Å²) in [5.74, 6) is -0.307. The van der Waals surface area contributed by atoms with Crippen LogP contribution in [0.5, 0.6) is 5.75 Å². The zero-order valence-corrected chi connectivity index (χ0v) is 28.2. The predicted octanol–water partition coefficient (Wildman–Crippen LogP) is 8.01. The maximum absolute atomic E-state index is 14.9. The van der Waals surface area contributed by atoms with Crippen LogP contribution in [0.15, 0.2) is 97.1 Å². The van der Waals surface area contributed by atoms with Gasteiger partial charge in [0.25, 0.3) is 5.91 Å². The van der Waals surface area contributed by atoms with Gasteiger partial charge in [-0.05, 0) is 92.6 Å². The minimum absolute atomic E-state index is 0.0927. The van der Waals surface area contributed by atoms with E-state index in [9.17, 15) is 19.5 Å². The maximum atomic E-state index is 14.9. The monoisotopic (exact) mass is 637 g/mol. The summed E-state index contributed by atoms with van der Waals surface area (Å²) in [6.45, 7) is 11.5. The lowest BCUT2D eigenvalue weighted by Crippen LogP contribution is -2.55. The average Bonchev–Trinajstić information content (AvgIpc) is 3.02. The molecule has 0 aliphatic heterocycles. The summed E-state index contributed by atoms with van der Waals surface area (Å²) in [7, 11) is 0. The first-order valence-electron chi connectivity index (χ1n) is 16.2. The van der Waals surface area contributed by atoms with Gasteiger partial charge < -0.3 is 25.4 Å². The zero-order valence-electron chi connectivity index (χ0n) is 28.2. The second-order valence-electron chi connectivity index (χ2n) is 13.5. The predicted molar refractivity (Wildman–Crippen MR) is 187 cm³/mol. The minimum Gasteiger partial charge on any atom is -0.508 e. The molecule has 3 unspecified atom stereocenters. The van der Waals surface area contributed by atoms with Gasteiger partial charge in [0.2, 0.25) is 5.91 Å². The van der Waals surface area contributed by atoms with Crippen LogP contribution in [0, 0.1) is 5.92 Å². The number of phenolic OH excluding ortho intramolecular Hbond substituents is 1. The maximum Gasteiger partial charge on any atom is 0.408 e. The van der Waals surface area contributed by atoms with Crippen LogP contribution in [0.4, 0.5) is 10.5 Å². The van der Waals surface area contributed by atoms with Crippen molar-refractivity contribution >= 4 is 34.4 Å². The van der Waals surface area contributed by atoms with E-state index in [-0.39, 0.29) is 24.1 Å². The highest BCUT2D eigenvalue weighted by Gasteiger charge is 2.39. The van der Waals surface area contributed by atoms with Crippen molar-refractivity contribution in [2.45, 2.75) is 84.5 Å². The second-order valence-corrected chi connectivity index (χ2v) is 13.5. The van der Waals surface area contributed by atoms with E-state index in [1.807, 2.05) is 79.7 Å². The summed E-state index contributed by atoms with van der Waals surface area (Å²) in [6.07, 6.45) is 0.871. The number of nitrogens with one attached hydrogen (secondary N) is 2. The Morgan fingerprint density at radius 3 is 2.09 bits per heavy atom. The largest absolute Gasteiger partial charge is 0.508 e. The highest BCUT2D eigenvalue weighted by atomic mass is 16.6. The molecule has 0 aromatic heterocycles. The van der Waals surface area contributed by atoms with Crippen LogP contribution in [0.1, 0.15) is 71.6 Å². The van der Waals surface area contributed by atoms with E-state index in [0.717, 1.165) is 22.8 Å². The molecule has 4 aromatic rings. The number of nitrogens with zero attached hydrogens (tertiary/aromatic N) is 1. The normalized spacial score (nSPS) is 13.4. The standard InChI is InChI=1S/C39H47N3O5/c1-26(2)16-17-27(3)42(37(45)34(41-38(46)47-39(4,5)6)24-28-18-22-33(43)23-19-28)35(30-13-8-7-9-14-30)36(44)40-32-21-20-29-12-10-11-15-31(29)25-32/h7-15,18-23,25-27,34-35,43H,16-17,24H2,1-6H3,(H,40,44)(H,41,46). The van der Waals surface area contributed by atoms with Crippen LogP contribution in [0.3, 0.4) is 0 Å². The molecule has 3 N–H and O–H groups in total. The van der Waals surface area contributed by atoms with E-state index in [2.05, 4.69) is 24.5 Å². The molecule has 4 rings (SSSR count). The number of hydrogen-bond acceptors (Lipinski definition) is 5. The van der Waals surface area contributed by atoms with Crippen molar-refractivity contribution in [3.05, 3.63) is 108 Å². The highest BCUT2D eigenvalue weighted by molar-refractivity contribution is 6.00. The van der Waals surface area contributed by atoms with Crippen molar-refractivity contribution in [1.29, 1.82) is 0 Å². The van der Waals surface area contributed by atoms with E-state index in [0.29, 0.717) is 23.6 Å². The number of ether oxygens (including phenoxy) is 1.